The van der Waals surface area contributed by atoms with E-state index < -0.39 is 5.60 Å². The normalized spacial score (nSPS) is 20.0. The first-order valence-corrected chi connectivity index (χ1v) is 10.3. The minimum absolute atomic E-state index is 0.312. The van der Waals surface area contributed by atoms with Gasteiger partial charge in [0, 0.05) is 6.42 Å². The van der Waals surface area contributed by atoms with E-state index in [1.807, 2.05) is 6.08 Å². The van der Waals surface area contributed by atoms with E-state index in [2.05, 4.69) is 82.3 Å². The lowest BCUT2D eigenvalue weighted by atomic mass is 9.81. The van der Waals surface area contributed by atoms with E-state index in [-0.39, 0.29) is 7.92 Å². The van der Waals surface area contributed by atoms with Crippen LogP contribution >= 0.6 is 7.92 Å². The predicted octanol–water partition coefficient (Wildman–Crippen LogP) is 5.07. The number of benzene rings is 2. The monoisotopic (exact) mass is 338 g/mol. The molecule has 0 amide bonds. The lowest BCUT2D eigenvalue weighted by molar-refractivity contribution is 0.0904. The third-order valence-corrected chi connectivity index (χ3v) is 7.99. The summed E-state index contributed by atoms with van der Waals surface area (Å²) in [5, 5.41) is 12.9. The number of hydrogen-bond acceptors (Lipinski definition) is 1. The van der Waals surface area contributed by atoms with E-state index in [1.54, 1.807) is 0 Å². The van der Waals surface area contributed by atoms with Crippen molar-refractivity contribution in [2.24, 2.45) is 0 Å². The van der Waals surface area contributed by atoms with Gasteiger partial charge in [0.2, 0.25) is 0 Å². The van der Waals surface area contributed by atoms with Crippen molar-refractivity contribution < 1.29 is 5.11 Å². The molecule has 1 nitrogen and oxygen atoms in total. The van der Waals surface area contributed by atoms with Crippen molar-refractivity contribution >= 4 is 19.3 Å². The van der Waals surface area contributed by atoms with Gasteiger partial charge in [-0.3, -0.25) is 0 Å². The Bertz CT molecular complexity index is 739. The maximum atomic E-state index is 11.5. The zero-order valence-corrected chi connectivity index (χ0v) is 15.9. The molecule has 126 valence electrons. The molecular formula is C22H27OP. The summed E-state index contributed by atoms with van der Waals surface area (Å²) >= 11 is 0. The second-order valence-electron chi connectivity index (χ2n) is 7.25. The van der Waals surface area contributed by atoms with Crippen LogP contribution in [0.3, 0.4) is 0 Å². The van der Waals surface area contributed by atoms with Gasteiger partial charge in [0.1, 0.15) is 5.60 Å². The molecule has 0 heterocycles. The first-order chi connectivity index (χ1) is 11.4. The number of hydrogen-bond donors (Lipinski definition) is 1. The molecule has 2 heteroatoms. The van der Waals surface area contributed by atoms with E-state index >= 15 is 0 Å². The van der Waals surface area contributed by atoms with Crippen LogP contribution in [-0.4, -0.2) is 16.4 Å². The van der Waals surface area contributed by atoms with Crippen LogP contribution in [0, 0.1) is 0 Å². The molecule has 2 aromatic carbocycles. The van der Waals surface area contributed by atoms with Gasteiger partial charge in [0.25, 0.3) is 0 Å². The molecule has 1 atom stereocenters. The second-order valence-corrected chi connectivity index (χ2v) is 10.6. The second kappa shape index (κ2) is 6.82. The molecule has 0 aliphatic heterocycles. The van der Waals surface area contributed by atoms with Gasteiger partial charge < -0.3 is 5.11 Å². The van der Waals surface area contributed by atoms with Crippen molar-refractivity contribution in [1.29, 1.82) is 0 Å². The highest BCUT2D eigenvalue weighted by Gasteiger charge is 2.34. The van der Waals surface area contributed by atoms with Crippen molar-refractivity contribution in [2.75, 3.05) is 0 Å². The Morgan fingerprint density at radius 3 is 2.25 bits per heavy atom. The van der Waals surface area contributed by atoms with Crippen molar-refractivity contribution in [2.45, 2.75) is 51.0 Å². The van der Waals surface area contributed by atoms with Crippen LogP contribution in [0.2, 0.25) is 0 Å². The molecule has 0 saturated heterocycles. The lowest BCUT2D eigenvalue weighted by Gasteiger charge is -2.35. The highest BCUT2D eigenvalue weighted by atomic mass is 31.1. The lowest BCUT2D eigenvalue weighted by Crippen LogP contribution is -2.34. The predicted molar refractivity (Wildman–Crippen MR) is 106 cm³/mol. The molecular weight excluding hydrogens is 311 g/mol. The SMILES string of the molecule is CC(C)P(c1ccccc1C1(O)C=Cc2ccccc2C1)C(C)C. The minimum Gasteiger partial charge on any atom is -0.381 e. The van der Waals surface area contributed by atoms with Crippen LogP contribution in [0.4, 0.5) is 0 Å². The van der Waals surface area contributed by atoms with E-state index in [0.29, 0.717) is 17.7 Å². The fourth-order valence-corrected chi connectivity index (χ4v) is 6.95. The molecule has 0 spiro atoms. The van der Waals surface area contributed by atoms with Crippen molar-refractivity contribution in [3.8, 4) is 0 Å². The summed E-state index contributed by atoms with van der Waals surface area (Å²) in [6.45, 7) is 9.22. The molecule has 2 aromatic rings. The van der Waals surface area contributed by atoms with Gasteiger partial charge in [-0.25, -0.2) is 0 Å². The van der Waals surface area contributed by atoms with Crippen molar-refractivity contribution in [1.82, 2.24) is 0 Å². The molecule has 1 aliphatic rings. The number of aliphatic hydroxyl groups is 1. The van der Waals surface area contributed by atoms with E-state index in [0.717, 1.165) is 5.56 Å². The van der Waals surface area contributed by atoms with E-state index in [9.17, 15) is 5.11 Å². The molecule has 0 saturated carbocycles. The Morgan fingerprint density at radius 2 is 1.54 bits per heavy atom. The largest absolute Gasteiger partial charge is 0.381 e. The maximum absolute atomic E-state index is 11.5. The minimum atomic E-state index is -0.907. The first-order valence-electron chi connectivity index (χ1n) is 8.80. The zero-order valence-electron chi connectivity index (χ0n) is 15.0. The van der Waals surface area contributed by atoms with Gasteiger partial charge in [-0.1, -0.05) is 90.2 Å². The van der Waals surface area contributed by atoms with Crippen LogP contribution in [0.1, 0.15) is 44.4 Å². The zero-order chi connectivity index (χ0) is 17.3. The molecule has 1 N–H and O–H groups in total. The van der Waals surface area contributed by atoms with E-state index in [1.165, 1.54) is 16.4 Å². The number of rotatable bonds is 4. The van der Waals surface area contributed by atoms with Crippen LogP contribution in [0.5, 0.6) is 0 Å². The van der Waals surface area contributed by atoms with Crippen LogP contribution in [0.25, 0.3) is 6.08 Å². The van der Waals surface area contributed by atoms with E-state index in [4.69, 9.17) is 0 Å². The third-order valence-electron chi connectivity index (χ3n) is 4.81. The number of fused-ring (bicyclic) bond motifs is 1. The van der Waals surface area contributed by atoms with Gasteiger partial charge in [-0.2, -0.15) is 0 Å². The summed E-state index contributed by atoms with van der Waals surface area (Å²) in [7, 11) is -0.312. The topological polar surface area (TPSA) is 20.2 Å². The smallest absolute Gasteiger partial charge is 0.113 e. The summed E-state index contributed by atoms with van der Waals surface area (Å²) in [6, 6.07) is 16.9. The van der Waals surface area contributed by atoms with Gasteiger partial charge in [-0.15, -0.1) is 0 Å². The molecule has 3 rings (SSSR count). The molecule has 1 unspecified atom stereocenters. The average molecular weight is 338 g/mol. The highest BCUT2D eigenvalue weighted by molar-refractivity contribution is 7.67. The molecule has 0 radical (unpaired) electrons. The average Bonchev–Trinajstić information content (AvgIpc) is 2.54. The van der Waals surface area contributed by atoms with Gasteiger partial charge in [-0.05, 0) is 39.4 Å². The van der Waals surface area contributed by atoms with Crippen LogP contribution in [0.15, 0.2) is 54.6 Å². The Morgan fingerprint density at radius 1 is 0.917 bits per heavy atom. The molecule has 0 fully saturated rings. The molecule has 0 bridgehead atoms. The van der Waals surface area contributed by atoms with Gasteiger partial charge in [0.05, 0.1) is 0 Å². The first kappa shape index (κ1) is 17.4. The van der Waals surface area contributed by atoms with Crippen LogP contribution in [-0.2, 0) is 12.0 Å². The van der Waals surface area contributed by atoms with Gasteiger partial charge >= 0.3 is 0 Å². The van der Waals surface area contributed by atoms with Crippen LogP contribution < -0.4 is 5.30 Å². The summed E-state index contributed by atoms with van der Waals surface area (Å²) in [4.78, 5) is 0. The Hall–Kier alpha value is -1.43. The highest BCUT2D eigenvalue weighted by Crippen LogP contribution is 2.47. The Balaban J connectivity index is 2.08. The summed E-state index contributed by atoms with van der Waals surface area (Å²) < 4.78 is 0. The standard InChI is InChI=1S/C22H27OP/c1-16(2)24(17(3)4)21-12-8-7-11-20(21)22(23)14-13-18-9-5-6-10-19(18)15-22/h5-14,16-17,23H,15H2,1-4H3. The molecule has 0 aromatic heterocycles. The fraction of sp³-hybridized carbons (Fsp3) is 0.364. The molecule has 1 aliphatic carbocycles. The van der Waals surface area contributed by atoms with Gasteiger partial charge in [0.15, 0.2) is 0 Å². The third kappa shape index (κ3) is 3.21. The summed E-state index contributed by atoms with van der Waals surface area (Å²) in [5.74, 6) is 0. The Kier molecular flexibility index (Phi) is 4.95. The quantitative estimate of drug-likeness (QED) is 0.772. The summed E-state index contributed by atoms with van der Waals surface area (Å²) in [5.41, 5.74) is 3.82. The van der Waals surface area contributed by atoms with Crippen molar-refractivity contribution in [3.63, 3.8) is 0 Å². The summed E-state index contributed by atoms with van der Waals surface area (Å²) in [6.07, 6.45) is 4.71. The fourth-order valence-electron chi connectivity index (χ4n) is 3.84. The van der Waals surface area contributed by atoms with Crippen molar-refractivity contribution in [3.05, 3.63) is 71.3 Å². The maximum Gasteiger partial charge on any atom is 0.113 e. The Labute approximate surface area is 147 Å². The molecule has 24 heavy (non-hydrogen) atoms.